The average Bonchev–Trinajstić information content (AvgIpc) is 3.23. The number of aromatic amines is 2. The fraction of sp³-hybridized carbons (Fsp3) is 0.318. The normalized spacial score (nSPS) is 13.6. The third-order valence-electron chi connectivity index (χ3n) is 5.54. The van der Waals surface area contributed by atoms with E-state index in [1.807, 2.05) is 12.3 Å². The molecule has 1 saturated carbocycles. The molecule has 0 amide bonds. The molecule has 0 saturated heterocycles. The van der Waals surface area contributed by atoms with Crippen LogP contribution in [-0.4, -0.2) is 30.6 Å². The lowest BCUT2D eigenvalue weighted by Crippen LogP contribution is -2.12. The molecular formula is C22H22N6OS. The van der Waals surface area contributed by atoms with Crippen molar-refractivity contribution < 1.29 is 0 Å². The van der Waals surface area contributed by atoms with Crippen molar-refractivity contribution in [3.8, 4) is 33.2 Å². The first-order valence-electron chi connectivity index (χ1n) is 10.3. The summed E-state index contributed by atoms with van der Waals surface area (Å²) in [6.07, 6.45) is 7.89. The Balaban J connectivity index is 1.55. The number of H-pyrrole nitrogens is 2. The highest BCUT2D eigenvalue weighted by atomic mass is 32.1. The Morgan fingerprint density at radius 3 is 2.70 bits per heavy atom. The number of thiazole rings is 1. The van der Waals surface area contributed by atoms with Crippen LogP contribution in [0.3, 0.4) is 0 Å². The van der Waals surface area contributed by atoms with E-state index >= 15 is 0 Å². The van der Waals surface area contributed by atoms with Crippen molar-refractivity contribution in [3.05, 3.63) is 57.3 Å². The summed E-state index contributed by atoms with van der Waals surface area (Å²) in [5.74, 6) is 1.19. The summed E-state index contributed by atoms with van der Waals surface area (Å²) >= 11 is 1.58. The van der Waals surface area contributed by atoms with Crippen LogP contribution < -0.4 is 5.56 Å². The molecule has 1 aliphatic rings. The highest BCUT2D eigenvalue weighted by Gasteiger charge is 2.21. The minimum absolute atomic E-state index is 0.255. The van der Waals surface area contributed by atoms with Crippen LogP contribution in [0.1, 0.15) is 36.6 Å². The molecule has 0 spiro atoms. The van der Waals surface area contributed by atoms with Crippen LogP contribution >= 0.6 is 11.3 Å². The van der Waals surface area contributed by atoms with Crippen LogP contribution in [-0.2, 0) is 12.8 Å². The van der Waals surface area contributed by atoms with Gasteiger partial charge in [0, 0.05) is 22.3 Å². The van der Waals surface area contributed by atoms with Crippen LogP contribution in [0.5, 0.6) is 0 Å². The first-order chi connectivity index (χ1) is 14.7. The number of aromatic nitrogens is 6. The van der Waals surface area contributed by atoms with Crippen molar-refractivity contribution in [2.24, 2.45) is 5.92 Å². The number of tetrazole rings is 1. The third kappa shape index (κ3) is 3.82. The van der Waals surface area contributed by atoms with Crippen LogP contribution in [0.2, 0.25) is 0 Å². The Hall–Kier alpha value is -3.13. The van der Waals surface area contributed by atoms with Crippen molar-refractivity contribution in [2.75, 3.05) is 0 Å². The number of nitrogens with zero attached hydrogens (tertiary/aromatic N) is 4. The van der Waals surface area contributed by atoms with Gasteiger partial charge in [-0.1, -0.05) is 44.0 Å². The predicted molar refractivity (Wildman–Crippen MR) is 117 cm³/mol. The smallest absolute Gasteiger partial charge is 0.260 e. The van der Waals surface area contributed by atoms with Crippen LogP contribution in [0, 0.1) is 5.92 Å². The van der Waals surface area contributed by atoms with Crippen molar-refractivity contribution in [1.29, 1.82) is 0 Å². The molecule has 0 radical (unpaired) electrons. The van der Waals surface area contributed by atoms with Gasteiger partial charge in [-0.2, -0.15) is 5.21 Å². The number of benzene rings is 1. The van der Waals surface area contributed by atoms with E-state index in [0.29, 0.717) is 5.56 Å². The number of nitrogens with one attached hydrogen (secondary N) is 2. The van der Waals surface area contributed by atoms with Gasteiger partial charge in [-0.3, -0.25) is 4.79 Å². The number of rotatable bonds is 7. The van der Waals surface area contributed by atoms with E-state index in [-0.39, 0.29) is 11.4 Å². The first-order valence-corrected chi connectivity index (χ1v) is 11.1. The molecule has 3 heterocycles. The van der Waals surface area contributed by atoms with Crippen molar-refractivity contribution in [2.45, 2.75) is 39.0 Å². The molecule has 4 aromatic rings. The third-order valence-corrected chi connectivity index (χ3v) is 6.71. The molecule has 7 nitrogen and oxygen atoms in total. The largest absolute Gasteiger partial charge is 0.321 e. The maximum Gasteiger partial charge on any atom is 0.260 e. The molecule has 1 aliphatic carbocycles. The van der Waals surface area contributed by atoms with Crippen LogP contribution in [0.15, 0.2) is 41.3 Å². The molecular weight excluding hydrogens is 396 g/mol. The first kappa shape index (κ1) is 18.9. The second-order valence-corrected chi connectivity index (χ2v) is 8.82. The Bertz CT molecular complexity index is 1210. The van der Waals surface area contributed by atoms with Gasteiger partial charge in [-0.25, -0.2) is 4.98 Å². The number of pyridine rings is 1. The molecule has 0 unspecified atom stereocenters. The molecule has 1 aromatic carbocycles. The molecule has 30 heavy (non-hydrogen) atoms. The predicted octanol–water partition coefficient (Wildman–Crippen LogP) is 4.25. The van der Waals surface area contributed by atoms with Gasteiger partial charge in [0.1, 0.15) is 5.01 Å². The summed E-state index contributed by atoms with van der Waals surface area (Å²) in [6, 6.07) is 10.4. The summed E-state index contributed by atoms with van der Waals surface area (Å²) in [5.41, 5.74) is 3.90. The maximum absolute atomic E-state index is 13.0. The Morgan fingerprint density at radius 2 is 2.03 bits per heavy atom. The lowest BCUT2D eigenvalue weighted by Gasteiger charge is -2.09. The Labute approximate surface area is 177 Å². The molecule has 0 atom stereocenters. The number of aryl methyl sites for hydroxylation is 2. The fourth-order valence-corrected chi connectivity index (χ4v) is 4.47. The summed E-state index contributed by atoms with van der Waals surface area (Å²) in [6.45, 7) is 2.09. The van der Waals surface area contributed by atoms with Gasteiger partial charge in [0.05, 0.1) is 5.56 Å². The number of hydrogen-bond donors (Lipinski definition) is 2. The highest BCUT2D eigenvalue weighted by Crippen LogP contribution is 2.35. The van der Waals surface area contributed by atoms with Crippen molar-refractivity contribution in [1.82, 2.24) is 30.6 Å². The topological polar surface area (TPSA) is 100 Å². The minimum Gasteiger partial charge on any atom is -0.321 e. The average molecular weight is 419 g/mol. The summed E-state index contributed by atoms with van der Waals surface area (Å²) < 4.78 is 0. The van der Waals surface area contributed by atoms with Gasteiger partial charge in [0.2, 0.25) is 5.82 Å². The Kier molecular flexibility index (Phi) is 5.00. The zero-order valence-electron chi connectivity index (χ0n) is 16.7. The van der Waals surface area contributed by atoms with Gasteiger partial charge in [-0.15, -0.1) is 21.5 Å². The molecule has 0 bridgehead atoms. The van der Waals surface area contributed by atoms with Gasteiger partial charge in [0.15, 0.2) is 0 Å². The summed E-state index contributed by atoms with van der Waals surface area (Å²) in [4.78, 5) is 21.7. The van der Waals surface area contributed by atoms with Crippen molar-refractivity contribution in [3.63, 3.8) is 0 Å². The van der Waals surface area contributed by atoms with E-state index in [0.717, 1.165) is 45.5 Å². The lowest BCUT2D eigenvalue weighted by atomic mass is 10.0. The van der Waals surface area contributed by atoms with E-state index in [4.69, 9.17) is 0 Å². The van der Waals surface area contributed by atoms with Gasteiger partial charge < -0.3 is 4.98 Å². The monoisotopic (exact) mass is 418 g/mol. The fourth-order valence-electron chi connectivity index (χ4n) is 3.60. The molecule has 152 valence electrons. The molecule has 0 aliphatic heterocycles. The van der Waals surface area contributed by atoms with E-state index in [1.165, 1.54) is 24.8 Å². The van der Waals surface area contributed by atoms with Crippen LogP contribution in [0.25, 0.3) is 33.2 Å². The van der Waals surface area contributed by atoms with Crippen molar-refractivity contribution >= 4 is 11.3 Å². The number of hydrogen-bond acceptors (Lipinski definition) is 6. The minimum atomic E-state index is -0.255. The molecule has 2 N–H and O–H groups in total. The molecule has 5 rings (SSSR count). The van der Waals surface area contributed by atoms with E-state index in [9.17, 15) is 4.79 Å². The van der Waals surface area contributed by atoms with E-state index in [1.54, 1.807) is 11.3 Å². The van der Waals surface area contributed by atoms with E-state index < -0.39 is 0 Å². The lowest BCUT2D eigenvalue weighted by molar-refractivity contribution is 0.727. The van der Waals surface area contributed by atoms with Gasteiger partial charge >= 0.3 is 0 Å². The highest BCUT2D eigenvalue weighted by molar-refractivity contribution is 7.15. The standard InChI is InChI=1S/C22H22N6OS/c1-2-16-12-23-22(30-16)17-11-18(24-21(29)19(17)20-25-27-28-26-20)15-9-7-14(8-10-15)6-5-13-3-4-13/h7-13H,2-6H2,1H3,(H,24,29)(H,25,26,27,28). The van der Waals surface area contributed by atoms with Gasteiger partial charge in [-0.05, 0) is 47.6 Å². The SMILES string of the molecule is CCc1cnc(-c2cc(-c3ccc(CCC4CC4)cc3)[nH]c(=O)c2-c2nn[nH]n2)s1. The molecule has 8 heteroatoms. The zero-order chi connectivity index (χ0) is 20.5. The summed E-state index contributed by atoms with van der Waals surface area (Å²) in [7, 11) is 0. The molecule has 3 aromatic heterocycles. The molecule has 1 fully saturated rings. The summed E-state index contributed by atoms with van der Waals surface area (Å²) in [5, 5.41) is 14.9. The Morgan fingerprint density at radius 1 is 1.20 bits per heavy atom. The quantitative estimate of drug-likeness (QED) is 0.467. The zero-order valence-corrected chi connectivity index (χ0v) is 17.5. The van der Waals surface area contributed by atoms with Gasteiger partial charge in [0.25, 0.3) is 5.56 Å². The van der Waals surface area contributed by atoms with Crippen LogP contribution in [0.4, 0.5) is 0 Å². The van der Waals surface area contributed by atoms with E-state index in [2.05, 4.69) is 61.8 Å². The maximum atomic E-state index is 13.0. The second kappa shape index (κ2) is 7.95. The second-order valence-electron chi connectivity index (χ2n) is 7.70.